The summed E-state index contributed by atoms with van der Waals surface area (Å²) in [6.07, 6.45) is 2.68. The van der Waals surface area contributed by atoms with Crippen molar-refractivity contribution in [3.63, 3.8) is 0 Å². The van der Waals surface area contributed by atoms with Gasteiger partial charge in [-0.15, -0.1) is 11.3 Å². The maximum atomic E-state index is 12.9. The molecule has 0 saturated heterocycles. The molecule has 0 spiro atoms. The van der Waals surface area contributed by atoms with E-state index in [9.17, 15) is 9.59 Å². The molecule has 2 N–H and O–H groups in total. The van der Waals surface area contributed by atoms with Gasteiger partial charge in [-0.05, 0) is 60.5 Å². The summed E-state index contributed by atoms with van der Waals surface area (Å²) in [5.74, 6) is 0.714. The van der Waals surface area contributed by atoms with Crippen molar-refractivity contribution < 1.29 is 28.5 Å². The molecule has 10 heteroatoms. The molecule has 0 saturated carbocycles. The van der Waals surface area contributed by atoms with Crippen LogP contribution >= 0.6 is 23.6 Å². The molecule has 1 aromatic heterocycles. The average Bonchev–Trinajstić information content (AvgIpc) is 3.18. The normalized spacial score (nSPS) is 15.0. The van der Waals surface area contributed by atoms with E-state index in [0.29, 0.717) is 33.7 Å². The summed E-state index contributed by atoms with van der Waals surface area (Å²) in [7, 11) is 5.80. The van der Waals surface area contributed by atoms with Crippen LogP contribution in [0.1, 0.15) is 58.3 Å². The van der Waals surface area contributed by atoms with Gasteiger partial charge >= 0.3 is 5.97 Å². The Bertz CT molecular complexity index is 1110. The van der Waals surface area contributed by atoms with Crippen molar-refractivity contribution in [2.24, 2.45) is 11.3 Å². The molecule has 8 nitrogen and oxygen atoms in total. The molecule has 1 amide bonds. The Morgan fingerprint density at radius 3 is 2.20 bits per heavy atom. The molecule has 1 aliphatic carbocycles. The van der Waals surface area contributed by atoms with E-state index in [4.69, 9.17) is 31.2 Å². The Balaban J connectivity index is 1.83. The smallest absolute Gasteiger partial charge is 0.341 e. The van der Waals surface area contributed by atoms with Crippen LogP contribution in [0.25, 0.3) is 0 Å². The zero-order chi connectivity index (χ0) is 25.9. The molecule has 1 aromatic carbocycles. The topological polar surface area (TPSA) is 95.1 Å². The van der Waals surface area contributed by atoms with Crippen molar-refractivity contribution >= 4 is 45.5 Å². The van der Waals surface area contributed by atoms with Crippen molar-refractivity contribution in [3.8, 4) is 17.2 Å². The van der Waals surface area contributed by atoms with E-state index in [1.54, 1.807) is 0 Å². The monoisotopic (exact) mass is 520 g/mol. The third kappa shape index (κ3) is 5.70. The number of carbonyl (C=O) groups excluding carboxylic acids is 2. The van der Waals surface area contributed by atoms with Gasteiger partial charge in [0.1, 0.15) is 5.00 Å². The van der Waals surface area contributed by atoms with Gasteiger partial charge in [-0.3, -0.25) is 10.1 Å². The van der Waals surface area contributed by atoms with Gasteiger partial charge in [0.05, 0.1) is 34.0 Å². The highest BCUT2D eigenvalue weighted by Crippen LogP contribution is 2.44. The molecular formula is C25H32N2O6S2. The van der Waals surface area contributed by atoms with Crippen LogP contribution in [-0.2, 0) is 17.6 Å². The third-order valence-electron chi connectivity index (χ3n) is 6.26. The average molecular weight is 521 g/mol. The maximum Gasteiger partial charge on any atom is 0.341 e. The number of rotatable bonds is 6. The summed E-state index contributed by atoms with van der Waals surface area (Å²) in [6.45, 7) is 6.72. The number of thiocarbonyl (C=S) groups is 1. The number of anilines is 1. The van der Waals surface area contributed by atoms with Gasteiger partial charge < -0.3 is 24.3 Å². The molecule has 1 aliphatic rings. The first kappa shape index (κ1) is 26.7. The Hall–Kier alpha value is -2.85. The molecule has 3 rings (SSSR count). The van der Waals surface area contributed by atoms with Crippen molar-refractivity contribution in [2.45, 2.75) is 40.0 Å². The Morgan fingerprint density at radius 2 is 1.69 bits per heavy atom. The zero-order valence-corrected chi connectivity index (χ0v) is 22.8. The molecule has 1 atom stereocenters. The maximum absolute atomic E-state index is 12.9. The van der Waals surface area contributed by atoms with Crippen molar-refractivity contribution in [2.75, 3.05) is 33.8 Å². The number of benzene rings is 1. The second-order valence-electron chi connectivity index (χ2n) is 9.33. The number of ether oxygens (including phenoxy) is 4. The minimum atomic E-state index is -0.463. The van der Waals surface area contributed by atoms with E-state index in [1.807, 2.05) is 0 Å². The van der Waals surface area contributed by atoms with Gasteiger partial charge in [-0.2, -0.15) is 0 Å². The highest BCUT2D eigenvalue weighted by molar-refractivity contribution is 7.80. The zero-order valence-electron chi connectivity index (χ0n) is 21.1. The largest absolute Gasteiger partial charge is 0.493 e. The second kappa shape index (κ2) is 10.8. The summed E-state index contributed by atoms with van der Waals surface area (Å²) in [5.41, 5.74) is 1.94. The number of methoxy groups -OCH3 is 4. The van der Waals surface area contributed by atoms with Crippen LogP contribution in [0, 0.1) is 11.3 Å². The number of hydrogen-bond acceptors (Lipinski definition) is 8. The fourth-order valence-electron chi connectivity index (χ4n) is 4.25. The Labute approximate surface area is 215 Å². The van der Waals surface area contributed by atoms with Gasteiger partial charge in [0.15, 0.2) is 16.6 Å². The number of hydrogen-bond donors (Lipinski definition) is 2. The fraction of sp³-hybridized carbons (Fsp3) is 0.480. The number of nitrogens with one attached hydrogen (secondary N) is 2. The lowest BCUT2D eigenvalue weighted by atomic mass is 9.72. The minimum absolute atomic E-state index is 0.0693. The SMILES string of the molecule is COC(=O)c1c(NC(=S)NC(=O)c2cc(OC)c(OC)c(OC)c2)sc2c1CCC(C(C)(C)C)C2. The van der Waals surface area contributed by atoms with E-state index >= 15 is 0 Å². The lowest BCUT2D eigenvalue weighted by Gasteiger charge is -2.33. The molecule has 0 aliphatic heterocycles. The van der Waals surface area contributed by atoms with Crippen molar-refractivity contribution in [3.05, 3.63) is 33.7 Å². The van der Waals surface area contributed by atoms with Gasteiger partial charge in [0, 0.05) is 10.4 Å². The van der Waals surface area contributed by atoms with Crippen LogP contribution in [-0.4, -0.2) is 45.4 Å². The van der Waals surface area contributed by atoms with Crippen LogP contribution in [0.5, 0.6) is 17.2 Å². The summed E-state index contributed by atoms with van der Waals surface area (Å²) < 4.78 is 21.0. The van der Waals surface area contributed by atoms with Crippen molar-refractivity contribution in [1.29, 1.82) is 0 Å². The van der Waals surface area contributed by atoms with Gasteiger partial charge in [-0.1, -0.05) is 20.8 Å². The van der Waals surface area contributed by atoms with E-state index in [1.165, 1.54) is 51.9 Å². The molecule has 0 fully saturated rings. The molecule has 2 aromatic rings. The van der Waals surface area contributed by atoms with Crippen LogP contribution in [0.4, 0.5) is 5.00 Å². The van der Waals surface area contributed by atoms with Crippen LogP contribution in [0.3, 0.4) is 0 Å². The third-order valence-corrected chi connectivity index (χ3v) is 7.63. The molecule has 0 radical (unpaired) electrons. The lowest BCUT2D eigenvalue weighted by molar-refractivity contribution is 0.0600. The predicted molar refractivity (Wildman–Crippen MR) is 140 cm³/mol. The molecule has 190 valence electrons. The van der Waals surface area contributed by atoms with Crippen molar-refractivity contribution in [1.82, 2.24) is 5.32 Å². The number of carbonyl (C=O) groups is 2. The predicted octanol–water partition coefficient (Wildman–Crippen LogP) is 4.84. The molecule has 35 heavy (non-hydrogen) atoms. The second-order valence-corrected chi connectivity index (χ2v) is 10.8. The highest BCUT2D eigenvalue weighted by Gasteiger charge is 2.34. The Kier molecular flexibility index (Phi) is 8.27. The first-order valence-electron chi connectivity index (χ1n) is 11.2. The molecule has 0 bridgehead atoms. The summed E-state index contributed by atoms with van der Waals surface area (Å²) in [5, 5.41) is 6.36. The van der Waals surface area contributed by atoms with E-state index in [2.05, 4.69) is 31.4 Å². The quantitative estimate of drug-likeness (QED) is 0.413. The lowest BCUT2D eigenvalue weighted by Crippen LogP contribution is -2.34. The van der Waals surface area contributed by atoms with Gasteiger partial charge in [-0.25, -0.2) is 4.79 Å². The highest BCUT2D eigenvalue weighted by atomic mass is 32.1. The standard InChI is InChI=1S/C25H32N2O6S2/c1-25(2,3)14-8-9-15-18(12-14)35-22(19(15)23(29)33-7)27-24(34)26-21(28)13-10-16(30-4)20(32-6)17(11-13)31-5/h10-11,14H,8-9,12H2,1-7H3,(H2,26,27,28,34). The van der Waals surface area contributed by atoms with E-state index < -0.39 is 11.9 Å². The fourth-order valence-corrected chi connectivity index (χ4v) is 5.83. The number of esters is 1. The number of fused-ring (bicyclic) bond motifs is 1. The van der Waals surface area contributed by atoms with Crippen LogP contribution < -0.4 is 24.8 Å². The number of amides is 1. The molecule has 1 heterocycles. The van der Waals surface area contributed by atoms with Crippen LogP contribution in [0.2, 0.25) is 0 Å². The van der Waals surface area contributed by atoms with Gasteiger partial charge in [0.25, 0.3) is 5.91 Å². The minimum Gasteiger partial charge on any atom is -0.493 e. The first-order chi connectivity index (χ1) is 16.5. The first-order valence-corrected chi connectivity index (χ1v) is 12.4. The summed E-state index contributed by atoms with van der Waals surface area (Å²) >= 11 is 6.90. The molecule has 1 unspecified atom stereocenters. The van der Waals surface area contributed by atoms with Gasteiger partial charge in [0.2, 0.25) is 5.75 Å². The summed E-state index contributed by atoms with van der Waals surface area (Å²) in [4.78, 5) is 26.7. The Morgan fingerprint density at radius 1 is 1.06 bits per heavy atom. The van der Waals surface area contributed by atoms with Crippen LogP contribution in [0.15, 0.2) is 12.1 Å². The van der Waals surface area contributed by atoms with E-state index in [-0.39, 0.29) is 16.1 Å². The summed E-state index contributed by atoms with van der Waals surface area (Å²) in [6, 6.07) is 3.07. The van der Waals surface area contributed by atoms with E-state index in [0.717, 1.165) is 29.7 Å². The molecular weight excluding hydrogens is 488 g/mol. The number of thiophene rings is 1.